The molecule has 3 N–H and O–H groups in total. The first-order chi connectivity index (χ1) is 9.11. The third-order valence-corrected chi connectivity index (χ3v) is 3.89. The number of nitrogen functional groups attached to an aromatic ring is 1. The predicted molar refractivity (Wildman–Crippen MR) is 79.2 cm³/mol. The van der Waals surface area contributed by atoms with Crippen molar-refractivity contribution >= 4 is 39.1 Å². The largest absolute Gasteiger partial charge is 0.318 e. The van der Waals surface area contributed by atoms with Crippen LogP contribution in [0.3, 0.4) is 0 Å². The number of nitrogens with two attached hydrogens (primary N) is 1. The van der Waals surface area contributed by atoms with E-state index >= 15 is 0 Å². The third kappa shape index (κ3) is 3.25. The van der Waals surface area contributed by atoms with Crippen molar-refractivity contribution in [2.24, 2.45) is 5.84 Å². The highest BCUT2D eigenvalue weighted by molar-refractivity contribution is 9.10. The van der Waals surface area contributed by atoms with Gasteiger partial charge in [-0.1, -0.05) is 39.8 Å². The van der Waals surface area contributed by atoms with Crippen molar-refractivity contribution in [1.82, 2.24) is 0 Å². The monoisotopic (exact) mass is 339 g/mol. The molecule has 0 spiro atoms. The van der Waals surface area contributed by atoms with E-state index < -0.39 is 4.92 Å². The molecule has 0 heterocycles. The van der Waals surface area contributed by atoms with Crippen LogP contribution in [0.15, 0.2) is 56.7 Å². The molecule has 0 aliphatic rings. The van der Waals surface area contributed by atoms with Gasteiger partial charge in [0, 0.05) is 9.37 Å². The second-order valence-electron chi connectivity index (χ2n) is 3.61. The number of anilines is 1. The lowest BCUT2D eigenvalue weighted by Crippen LogP contribution is -2.09. The first kappa shape index (κ1) is 13.9. The summed E-state index contributed by atoms with van der Waals surface area (Å²) in [6.45, 7) is 0. The van der Waals surface area contributed by atoms with Gasteiger partial charge in [0.25, 0.3) is 0 Å². The van der Waals surface area contributed by atoms with E-state index in [9.17, 15) is 10.1 Å². The second kappa shape index (κ2) is 6.05. The van der Waals surface area contributed by atoms with Gasteiger partial charge in [0.2, 0.25) is 0 Å². The second-order valence-corrected chi connectivity index (χ2v) is 5.64. The molecule has 0 fully saturated rings. The third-order valence-electron chi connectivity index (χ3n) is 2.36. The van der Waals surface area contributed by atoms with Crippen LogP contribution < -0.4 is 11.3 Å². The molecule has 0 unspecified atom stereocenters. The maximum absolute atomic E-state index is 11.1. The first-order valence-electron chi connectivity index (χ1n) is 5.29. The van der Waals surface area contributed by atoms with E-state index in [1.165, 1.54) is 11.8 Å². The minimum Gasteiger partial charge on any atom is -0.318 e. The van der Waals surface area contributed by atoms with E-state index in [2.05, 4.69) is 21.4 Å². The first-order valence-corrected chi connectivity index (χ1v) is 6.90. The van der Waals surface area contributed by atoms with E-state index in [0.717, 1.165) is 9.37 Å². The molecule has 2 aromatic carbocycles. The summed E-state index contributed by atoms with van der Waals surface area (Å²) in [5.41, 5.74) is 2.63. The van der Waals surface area contributed by atoms with Crippen LogP contribution in [0.5, 0.6) is 0 Å². The van der Waals surface area contributed by atoms with Crippen LogP contribution in [-0.4, -0.2) is 4.92 Å². The summed E-state index contributed by atoms with van der Waals surface area (Å²) in [6.07, 6.45) is 0. The number of benzene rings is 2. The van der Waals surface area contributed by atoms with Gasteiger partial charge in [0.05, 0.1) is 9.82 Å². The SMILES string of the molecule is NNc1cccc(Sc2cccc(Br)c2)c1[N+](=O)[O-]. The van der Waals surface area contributed by atoms with E-state index in [4.69, 9.17) is 5.84 Å². The van der Waals surface area contributed by atoms with Gasteiger partial charge < -0.3 is 5.43 Å². The van der Waals surface area contributed by atoms with Gasteiger partial charge in [-0.25, -0.2) is 0 Å². The number of hydrogen-bond acceptors (Lipinski definition) is 5. The minimum absolute atomic E-state index is 0.0185. The van der Waals surface area contributed by atoms with E-state index in [0.29, 0.717) is 10.6 Å². The van der Waals surface area contributed by atoms with Crippen LogP contribution in [0.25, 0.3) is 0 Å². The highest BCUT2D eigenvalue weighted by Gasteiger charge is 2.19. The van der Waals surface area contributed by atoms with Crippen molar-refractivity contribution < 1.29 is 4.92 Å². The minimum atomic E-state index is -0.435. The number of nitro groups is 1. The lowest BCUT2D eigenvalue weighted by atomic mass is 10.3. The van der Waals surface area contributed by atoms with Crippen molar-refractivity contribution in [2.45, 2.75) is 9.79 Å². The molecule has 7 heteroatoms. The van der Waals surface area contributed by atoms with E-state index in [-0.39, 0.29) is 5.69 Å². The fourth-order valence-electron chi connectivity index (χ4n) is 1.57. The Bertz CT molecular complexity index is 622. The molecule has 0 saturated carbocycles. The number of para-hydroxylation sites is 1. The van der Waals surface area contributed by atoms with Gasteiger partial charge in [-0.05, 0) is 30.3 Å². The lowest BCUT2D eigenvalue weighted by Gasteiger charge is -2.07. The summed E-state index contributed by atoms with van der Waals surface area (Å²) in [6, 6.07) is 12.6. The standard InChI is InChI=1S/C12H10BrN3O2S/c13-8-3-1-4-9(7-8)19-11-6-2-5-10(15-14)12(11)16(17)18/h1-7,15H,14H2. The van der Waals surface area contributed by atoms with Gasteiger partial charge in [-0.2, -0.15) is 0 Å². The van der Waals surface area contributed by atoms with Crippen molar-refractivity contribution in [1.29, 1.82) is 0 Å². The Morgan fingerprint density at radius 2 is 2.00 bits per heavy atom. The van der Waals surface area contributed by atoms with Crippen LogP contribution in [-0.2, 0) is 0 Å². The molecule has 2 aromatic rings. The van der Waals surface area contributed by atoms with Gasteiger partial charge in [-0.15, -0.1) is 0 Å². The van der Waals surface area contributed by atoms with Crippen LogP contribution >= 0.6 is 27.7 Å². The zero-order chi connectivity index (χ0) is 13.8. The molecule has 19 heavy (non-hydrogen) atoms. The van der Waals surface area contributed by atoms with Crippen LogP contribution in [0, 0.1) is 10.1 Å². The average molecular weight is 340 g/mol. The van der Waals surface area contributed by atoms with Crippen LogP contribution in [0.4, 0.5) is 11.4 Å². The number of nitrogens with zero attached hydrogens (tertiary/aromatic N) is 1. The van der Waals surface area contributed by atoms with Crippen molar-refractivity contribution in [3.05, 3.63) is 57.1 Å². The van der Waals surface area contributed by atoms with Gasteiger partial charge in [0.1, 0.15) is 5.69 Å². The average Bonchev–Trinajstić information content (AvgIpc) is 2.38. The zero-order valence-electron chi connectivity index (χ0n) is 9.67. The number of nitrogens with one attached hydrogen (secondary N) is 1. The van der Waals surface area contributed by atoms with Crippen molar-refractivity contribution in [3.63, 3.8) is 0 Å². The Morgan fingerprint density at radius 3 is 2.63 bits per heavy atom. The van der Waals surface area contributed by atoms with Crippen LogP contribution in [0.1, 0.15) is 0 Å². The summed E-state index contributed by atoms with van der Waals surface area (Å²) in [5, 5.41) is 11.1. The molecule has 0 bridgehead atoms. The van der Waals surface area contributed by atoms with Gasteiger partial charge in [0.15, 0.2) is 0 Å². The quantitative estimate of drug-likeness (QED) is 0.503. The molecule has 0 aromatic heterocycles. The molecule has 0 aliphatic heterocycles. The molecule has 98 valence electrons. The predicted octanol–water partition coefficient (Wildman–Crippen LogP) is 3.79. The molecule has 0 aliphatic carbocycles. The lowest BCUT2D eigenvalue weighted by molar-refractivity contribution is -0.386. The number of rotatable bonds is 4. The summed E-state index contributed by atoms with van der Waals surface area (Å²) >= 11 is 4.69. The Balaban J connectivity index is 2.42. The Morgan fingerprint density at radius 1 is 1.26 bits per heavy atom. The maximum atomic E-state index is 11.1. The molecule has 0 saturated heterocycles. The summed E-state index contributed by atoms with van der Waals surface area (Å²) < 4.78 is 0.924. The highest BCUT2D eigenvalue weighted by atomic mass is 79.9. The molecule has 0 amide bonds. The molecule has 2 rings (SSSR count). The fourth-order valence-corrected chi connectivity index (χ4v) is 3.13. The zero-order valence-corrected chi connectivity index (χ0v) is 12.1. The molecule has 0 atom stereocenters. The molecule has 5 nitrogen and oxygen atoms in total. The van der Waals surface area contributed by atoms with E-state index in [1.54, 1.807) is 18.2 Å². The van der Waals surface area contributed by atoms with Crippen molar-refractivity contribution in [3.8, 4) is 0 Å². The normalized spacial score (nSPS) is 10.2. The number of hydrazine groups is 1. The molecular formula is C12H10BrN3O2S. The number of halogens is 1. The number of nitro benzene ring substituents is 1. The van der Waals surface area contributed by atoms with Gasteiger partial charge in [-0.3, -0.25) is 16.0 Å². The fraction of sp³-hybridized carbons (Fsp3) is 0. The maximum Gasteiger partial charge on any atom is 0.307 e. The summed E-state index contributed by atoms with van der Waals surface area (Å²) in [4.78, 5) is 12.2. The summed E-state index contributed by atoms with van der Waals surface area (Å²) in [7, 11) is 0. The van der Waals surface area contributed by atoms with Gasteiger partial charge >= 0.3 is 5.69 Å². The molecule has 0 radical (unpaired) electrons. The van der Waals surface area contributed by atoms with Crippen molar-refractivity contribution in [2.75, 3.05) is 5.43 Å². The number of hydrogen-bond donors (Lipinski definition) is 2. The molecular weight excluding hydrogens is 330 g/mol. The Hall–Kier alpha value is -1.57. The Labute approximate surface area is 122 Å². The summed E-state index contributed by atoms with van der Waals surface area (Å²) in [5.74, 6) is 5.30. The highest BCUT2D eigenvalue weighted by Crippen LogP contribution is 2.39. The Kier molecular flexibility index (Phi) is 4.41. The topological polar surface area (TPSA) is 81.2 Å². The smallest absolute Gasteiger partial charge is 0.307 e. The van der Waals surface area contributed by atoms with Crippen LogP contribution in [0.2, 0.25) is 0 Å². The van der Waals surface area contributed by atoms with E-state index in [1.807, 2.05) is 24.3 Å².